The first-order valence-electron chi connectivity index (χ1n) is 7.33. The predicted molar refractivity (Wildman–Crippen MR) is 76.9 cm³/mol. The van der Waals surface area contributed by atoms with Gasteiger partial charge in [0.25, 0.3) is 0 Å². The zero-order chi connectivity index (χ0) is 14.4. The molecule has 6 heteroatoms. The third kappa shape index (κ3) is 2.52. The van der Waals surface area contributed by atoms with E-state index in [2.05, 4.69) is 32.8 Å². The van der Waals surface area contributed by atoms with Gasteiger partial charge in [0, 0.05) is 36.9 Å². The average molecular weight is 278 g/mol. The molecule has 2 aliphatic rings. The van der Waals surface area contributed by atoms with Gasteiger partial charge in [0.2, 0.25) is 0 Å². The lowest BCUT2D eigenvalue weighted by molar-refractivity contribution is 0.00578. The summed E-state index contributed by atoms with van der Waals surface area (Å²) in [6.45, 7) is 10.9. The first kappa shape index (κ1) is 14.1. The second kappa shape index (κ2) is 4.86. The molecule has 1 atom stereocenters. The van der Waals surface area contributed by atoms with E-state index in [1.54, 1.807) is 0 Å². The predicted octanol–water partition coefficient (Wildman–Crippen LogP) is 1.22. The molecule has 0 amide bonds. The molecule has 110 valence electrons. The molecule has 2 saturated heterocycles. The molecule has 0 radical (unpaired) electrons. The van der Waals surface area contributed by atoms with Crippen molar-refractivity contribution >= 4 is 12.6 Å². The molecule has 2 fully saturated rings. The molecule has 0 unspecified atom stereocenters. The summed E-state index contributed by atoms with van der Waals surface area (Å²) in [5, 5.41) is 4.42. The molecular formula is C14H23BN2O3. The van der Waals surface area contributed by atoms with Crippen molar-refractivity contribution < 1.29 is 14.0 Å². The van der Waals surface area contributed by atoms with Gasteiger partial charge in [-0.25, -0.2) is 0 Å². The quantitative estimate of drug-likeness (QED) is 0.780. The van der Waals surface area contributed by atoms with E-state index in [9.17, 15) is 0 Å². The number of nitrogens with zero attached hydrogens (tertiary/aromatic N) is 2. The zero-order valence-corrected chi connectivity index (χ0v) is 12.8. The van der Waals surface area contributed by atoms with E-state index in [1.165, 1.54) is 0 Å². The summed E-state index contributed by atoms with van der Waals surface area (Å²) >= 11 is 0. The fourth-order valence-electron chi connectivity index (χ4n) is 2.57. The van der Waals surface area contributed by atoms with Crippen LogP contribution in [0.4, 0.5) is 0 Å². The van der Waals surface area contributed by atoms with Gasteiger partial charge in [0.1, 0.15) is 0 Å². The van der Waals surface area contributed by atoms with Crippen LogP contribution < -0.4 is 5.46 Å². The molecule has 0 spiro atoms. The minimum Gasteiger partial charge on any atom is -0.399 e. The second-order valence-electron chi connectivity index (χ2n) is 6.81. The Bertz CT molecular complexity index is 465. The van der Waals surface area contributed by atoms with Gasteiger partial charge in [-0.2, -0.15) is 5.10 Å². The number of hydrogen-bond donors (Lipinski definition) is 0. The van der Waals surface area contributed by atoms with E-state index < -0.39 is 0 Å². The van der Waals surface area contributed by atoms with Crippen LogP contribution in [0.2, 0.25) is 0 Å². The lowest BCUT2D eigenvalue weighted by atomic mass is 9.82. The van der Waals surface area contributed by atoms with Gasteiger partial charge in [-0.05, 0) is 34.1 Å². The summed E-state index contributed by atoms with van der Waals surface area (Å²) in [7, 11) is -0.325. The van der Waals surface area contributed by atoms with Gasteiger partial charge in [-0.1, -0.05) is 0 Å². The number of hydrogen-bond acceptors (Lipinski definition) is 4. The van der Waals surface area contributed by atoms with E-state index in [-0.39, 0.29) is 18.3 Å². The van der Waals surface area contributed by atoms with Gasteiger partial charge < -0.3 is 14.0 Å². The molecule has 2 aliphatic heterocycles. The van der Waals surface area contributed by atoms with Gasteiger partial charge in [0.05, 0.1) is 17.8 Å². The maximum Gasteiger partial charge on any atom is 0.498 e. The van der Waals surface area contributed by atoms with Crippen LogP contribution in [0.3, 0.4) is 0 Å². The van der Waals surface area contributed by atoms with Crippen LogP contribution in [-0.2, 0) is 20.6 Å². The lowest BCUT2D eigenvalue weighted by Gasteiger charge is -2.32. The van der Waals surface area contributed by atoms with Crippen molar-refractivity contribution in [2.45, 2.75) is 51.9 Å². The number of aromatic nitrogens is 2. The normalized spacial score (nSPS) is 28.2. The van der Waals surface area contributed by atoms with Crippen molar-refractivity contribution in [2.24, 2.45) is 5.92 Å². The Morgan fingerprint density at radius 3 is 2.60 bits per heavy atom. The third-order valence-electron chi connectivity index (χ3n) is 4.65. The topological polar surface area (TPSA) is 45.5 Å². The minimum atomic E-state index is -0.325. The highest BCUT2D eigenvalue weighted by atomic mass is 16.7. The Kier molecular flexibility index (Phi) is 3.43. The maximum atomic E-state index is 6.03. The third-order valence-corrected chi connectivity index (χ3v) is 4.65. The smallest absolute Gasteiger partial charge is 0.399 e. The molecule has 3 heterocycles. The van der Waals surface area contributed by atoms with Crippen molar-refractivity contribution in [3.63, 3.8) is 0 Å². The summed E-state index contributed by atoms with van der Waals surface area (Å²) in [4.78, 5) is 0. The molecule has 20 heavy (non-hydrogen) atoms. The van der Waals surface area contributed by atoms with E-state index >= 15 is 0 Å². The van der Waals surface area contributed by atoms with Crippen LogP contribution in [0.25, 0.3) is 0 Å². The monoisotopic (exact) mass is 278 g/mol. The molecule has 0 saturated carbocycles. The van der Waals surface area contributed by atoms with Gasteiger partial charge >= 0.3 is 7.12 Å². The highest BCUT2D eigenvalue weighted by Gasteiger charge is 2.52. The Labute approximate surface area is 120 Å². The van der Waals surface area contributed by atoms with E-state index in [4.69, 9.17) is 14.0 Å². The SMILES string of the molecule is CC1(C)OB(c2cnn(C[C@@H]3CCOC3)c2)OC1(C)C. The molecule has 1 aromatic rings. The van der Waals surface area contributed by atoms with Crippen LogP contribution in [0.1, 0.15) is 34.1 Å². The van der Waals surface area contributed by atoms with Crippen LogP contribution in [0, 0.1) is 5.92 Å². The Morgan fingerprint density at radius 1 is 1.30 bits per heavy atom. The fourth-order valence-corrected chi connectivity index (χ4v) is 2.57. The summed E-state index contributed by atoms with van der Waals surface area (Å²) < 4.78 is 19.4. The average Bonchev–Trinajstić information content (AvgIpc) is 3.02. The zero-order valence-electron chi connectivity index (χ0n) is 12.8. The molecule has 1 aromatic heterocycles. The summed E-state index contributed by atoms with van der Waals surface area (Å²) in [5.41, 5.74) is 0.376. The molecular weight excluding hydrogens is 255 g/mol. The lowest BCUT2D eigenvalue weighted by Crippen LogP contribution is -2.41. The summed E-state index contributed by atoms with van der Waals surface area (Å²) in [5.74, 6) is 0.570. The first-order chi connectivity index (χ1) is 9.37. The van der Waals surface area contributed by atoms with Crippen molar-refractivity contribution in [3.05, 3.63) is 12.4 Å². The maximum absolute atomic E-state index is 6.03. The van der Waals surface area contributed by atoms with Crippen LogP contribution >= 0.6 is 0 Å². The fraction of sp³-hybridized carbons (Fsp3) is 0.786. The van der Waals surface area contributed by atoms with Crippen molar-refractivity contribution in [3.8, 4) is 0 Å². The number of rotatable bonds is 3. The molecule has 0 aromatic carbocycles. The largest absolute Gasteiger partial charge is 0.498 e. The molecule has 0 bridgehead atoms. The van der Waals surface area contributed by atoms with Crippen molar-refractivity contribution in [2.75, 3.05) is 13.2 Å². The second-order valence-corrected chi connectivity index (χ2v) is 6.81. The molecule has 5 nitrogen and oxygen atoms in total. The summed E-state index contributed by atoms with van der Waals surface area (Å²) in [6.07, 6.45) is 4.99. The van der Waals surface area contributed by atoms with Gasteiger partial charge in [-0.15, -0.1) is 0 Å². The Morgan fingerprint density at radius 2 is 2.00 bits per heavy atom. The minimum absolute atomic E-state index is 0.306. The Balaban J connectivity index is 1.68. The Hall–Kier alpha value is -0.845. The highest BCUT2D eigenvalue weighted by Crippen LogP contribution is 2.36. The molecule has 0 N–H and O–H groups in total. The first-order valence-corrected chi connectivity index (χ1v) is 7.33. The van der Waals surface area contributed by atoms with E-state index in [0.717, 1.165) is 31.6 Å². The molecule has 3 rings (SSSR count). The van der Waals surface area contributed by atoms with Crippen molar-refractivity contribution in [1.29, 1.82) is 0 Å². The summed E-state index contributed by atoms with van der Waals surface area (Å²) in [6, 6.07) is 0. The van der Waals surface area contributed by atoms with Gasteiger partial charge in [0.15, 0.2) is 0 Å². The van der Waals surface area contributed by atoms with E-state index in [1.807, 2.05) is 17.1 Å². The van der Waals surface area contributed by atoms with Gasteiger partial charge in [-0.3, -0.25) is 4.68 Å². The standard InChI is InChI=1S/C14H23BN2O3/c1-13(2)14(3,4)20-15(19-13)12-7-16-17(9-12)8-11-5-6-18-10-11/h7,9,11H,5-6,8,10H2,1-4H3/t11-/m0/s1. The number of ether oxygens (including phenoxy) is 1. The van der Waals surface area contributed by atoms with Crippen LogP contribution in [-0.4, -0.2) is 41.3 Å². The highest BCUT2D eigenvalue weighted by molar-refractivity contribution is 6.61. The van der Waals surface area contributed by atoms with E-state index in [0.29, 0.717) is 5.92 Å². The molecule has 0 aliphatic carbocycles. The van der Waals surface area contributed by atoms with Crippen LogP contribution in [0.5, 0.6) is 0 Å². The van der Waals surface area contributed by atoms with Crippen molar-refractivity contribution in [1.82, 2.24) is 9.78 Å². The van der Waals surface area contributed by atoms with Crippen LogP contribution in [0.15, 0.2) is 12.4 Å².